The van der Waals surface area contributed by atoms with E-state index in [2.05, 4.69) is 24.1 Å². The van der Waals surface area contributed by atoms with Gasteiger partial charge in [-0.2, -0.15) is 4.31 Å². The number of sulfonamides is 1. The summed E-state index contributed by atoms with van der Waals surface area (Å²) >= 11 is 0. The summed E-state index contributed by atoms with van der Waals surface area (Å²) in [6.45, 7) is 8.72. The van der Waals surface area contributed by atoms with Crippen molar-refractivity contribution in [3.05, 3.63) is 30.3 Å². The van der Waals surface area contributed by atoms with Crippen LogP contribution >= 0.6 is 0 Å². The molecule has 1 N–H and O–H groups in total. The summed E-state index contributed by atoms with van der Waals surface area (Å²) in [7, 11) is -3.64. The minimum Gasteiger partial charge on any atom is -0.340 e. The molecule has 2 aliphatic rings. The quantitative estimate of drug-likeness (QED) is 0.672. The van der Waals surface area contributed by atoms with E-state index in [0.29, 0.717) is 43.2 Å². The van der Waals surface area contributed by atoms with Crippen LogP contribution in [0.15, 0.2) is 35.2 Å². The van der Waals surface area contributed by atoms with Gasteiger partial charge in [0.25, 0.3) is 0 Å². The molecule has 1 aromatic carbocycles. The molecule has 30 heavy (non-hydrogen) atoms. The molecule has 2 heterocycles. The predicted octanol–water partition coefficient (Wildman–Crippen LogP) is 1.76. The van der Waals surface area contributed by atoms with Crippen LogP contribution in [0.4, 0.5) is 0 Å². The van der Waals surface area contributed by atoms with Gasteiger partial charge in [-0.15, -0.1) is 0 Å². The zero-order valence-electron chi connectivity index (χ0n) is 18.3. The summed E-state index contributed by atoms with van der Waals surface area (Å²) in [5, 5.41) is 3.24. The second-order valence-corrected chi connectivity index (χ2v) is 10.4. The zero-order chi connectivity index (χ0) is 21.6. The minimum atomic E-state index is -3.64. The molecular weight excluding hydrogens is 400 g/mol. The van der Waals surface area contributed by atoms with Gasteiger partial charge in [0.15, 0.2) is 0 Å². The minimum absolute atomic E-state index is 0.0319. The van der Waals surface area contributed by atoms with Gasteiger partial charge < -0.3 is 10.2 Å². The van der Waals surface area contributed by atoms with E-state index in [-0.39, 0.29) is 18.9 Å². The van der Waals surface area contributed by atoms with E-state index < -0.39 is 10.0 Å². The Bertz CT molecular complexity index is 771. The van der Waals surface area contributed by atoms with E-state index in [1.165, 1.54) is 10.7 Å². The van der Waals surface area contributed by atoms with Crippen molar-refractivity contribution >= 4 is 15.9 Å². The lowest BCUT2D eigenvalue weighted by atomic mass is 9.98. The SMILES string of the molecule is CC1CCCC(C)N1CCN(CCC(=O)N1CCNCC1)S(=O)(=O)c1ccccc1. The largest absolute Gasteiger partial charge is 0.340 e. The Labute approximate surface area is 181 Å². The lowest BCUT2D eigenvalue weighted by Gasteiger charge is -2.40. The number of hydrogen-bond donors (Lipinski definition) is 1. The van der Waals surface area contributed by atoms with Gasteiger partial charge >= 0.3 is 0 Å². The van der Waals surface area contributed by atoms with Gasteiger partial charge in [0.2, 0.25) is 15.9 Å². The van der Waals surface area contributed by atoms with Crippen LogP contribution in [0.3, 0.4) is 0 Å². The van der Waals surface area contributed by atoms with Crippen molar-refractivity contribution in [1.29, 1.82) is 0 Å². The Morgan fingerprint density at radius 3 is 2.33 bits per heavy atom. The number of carbonyl (C=O) groups excluding carboxylic acids is 1. The lowest BCUT2D eigenvalue weighted by Crippen LogP contribution is -2.49. The average molecular weight is 437 g/mol. The maximum atomic E-state index is 13.3. The first-order valence-corrected chi connectivity index (χ1v) is 12.6. The van der Waals surface area contributed by atoms with Crippen molar-refractivity contribution in [2.24, 2.45) is 0 Å². The molecular formula is C22H36N4O3S. The molecule has 168 valence electrons. The van der Waals surface area contributed by atoms with E-state index in [1.807, 2.05) is 11.0 Å². The van der Waals surface area contributed by atoms with Crippen LogP contribution in [0.25, 0.3) is 0 Å². The number of rotatable bonds is 8. The molecule has 0 saturated carbocycles. The van der Waals surface area contributed by atoms with Crippen LogP contribution in [0.5, 0.6) is 0 Å². The van der Waals surface area contributed by atoms with Gasteiger partial charge in [0.1, 0.15) is 0 Å². The summed E-state index contributed by atoms with van der Waals surface area (Å²) < 4.78 is 28.2. The Kier molecular flexibility index (Phi) is 8.27. The van der Waals surface area contributed by atoms with Crippen molar-refractivity contribution in [3.63, 3.8) is 0 Å². The van der Waals surface area contributed by atoms with Crippen molar-refractivity contribution in [3.8, 4) is 0 Å². The Morgan fingerprint density at radius 2 is 1.70 bits per heavy atom. The molecule has 2 aliphatic heterocycles. The molecule has 2 saturated heterocycles. The van der Waals surface area contributed by atoms with Crippen molar-refractivity contribution < 1.29 is 13.2 Å². The number of likely N-dealkylation sites (tertiary alicyclic amines) is 1. The van der Waals surface area contributed by atoms with Crippen LogP contribution in [0.1, 0.15) is 39.5 Å². The van der Waals surface area contributed by atoms with E-state index in [1.54, 1.807) is 24.3 Å². The smallest absolute Gasteiger partial charge is 0.243 e. The highest BCUT2D eigenvalue weighted by atomic mass is 32.2. The number of piperidine rings is 1. The molecule has 2 atom stereocenters. The molecule has 2 unspecified atom stereocenters. The highest BCUT2D eigenvalue weighted by Crippen LogP contribution is 2.23. The van der Waals surface area contributed by atoms with Crippen LogP contribution in [-0.4, -0.2) is 86.3 Å². The molecule has 8 heteroatoms. The highest BCUT2D eigenvalue weighted by Gasteiger charge is 2.29. The number of piperazine rings is 1. The van der Waals surface area contributed by atoms with E-state index in [9.17, 15) is 13.2 Å². The first-order chi connectivity index (χ1) is 14.4. The third-order valence-corrected chi connectivity index (χ3v) is 8.32. The average Bonchev–Trinajstić information content (AvgIpc) is 2.76. The number of hydrogen-bond acceptors (Lipinski definition) is 5. The summed E-state index contributed by atoms with van der Waals surface area (Å²) in [6.07, 6.45) is 3.75. The molecule has 0 aromatic heterocycles. The summed E-state index contributed by atoms with van der Waals surface area (Å²) in [6, 6.07) is 9.47. The van der Waals surface area contributed by atoms with E-state index in [0.717, 1.165) is 25.9 Å². The van der Waals surface area contributed by atoms with E-state index >= 15 is 0 Å². The fourth-order valence-electron chi connectivity index (χ4n) is 4.53. The predicted molar refractivity (Wildman–Crippen MR) is 119 cm³/mol. The zero-order valence-corrected chi connectivity index (χ0v) is 19.1. The van der Waals surface area contributed by atoms with Crippen molar-refractivity contribution in [2.75, 3.05) is 45.8 Å². The molecule has 3 rings (SSSR count). The van der Waals surface area contributed by atoms with Crippen molar-refractivity contribution in [1.82, 2.24) is 19.4 Å². The van der Waals surface area contributed by atoms with Crippen LogP contribution in [0.2, 0.25) is 0 Å². The summed E-state index contributed by atoms with van der Waals surface area (Å²) in [4.78, 5) is 17.2. The fourth-order valence-corrected chi connectivity index (χ4v) is 5.98. The Hall–Kier alpha value is -1.48. The molecule has 0 aliphatic carbocycles. The fraction of sp³-hybridized carbons (Fsp3) is 0.682. The molecule has 2 fully saturated rings. The van der Waals surface area contributed by atoms with Gasteiger partial charge in [0, 0.05) is 64.3 Å². The first-order valence-electron chi connectivity index (χ1n) is 11.2. The van der Waals surface area contributed by atoms with Gasteiger partial charge in [-0.25, -0.2) is 8.42 Å². The van der Waals surface area contributed by atoms with Crippen molar-refractivity contribution in [2.45, 2.75) is 56.5 Å². The van der Waals surface area contributed by atoms with Crippen LogP contribution < -0.4 is 5.32 Å². The number of amides is 1. The molecule has 0 radical (unpaired) electrons. The van der Waals surface area contributed by atoms with E-state index in [4.69, 9.17) is 0 Å². The molecule has 0 bridgehead atoms. The third kappa shape index (κ3) is 5.81. The Balaban J connectivity index is 1.70. The maximum Gasteiger partial charge on any atom is 0.243 e. The normalized spacial score (nSPS) is 23.6. The summed E-state index contributed by atoms with van der Waals surface area (Å²) in [5.74, 6) is 0.0319. The second kappa shape index (κ2) is 10.7. The van der Waals surface area contributed by atoms with Gasteiger partial charge in [-0.05, 0) is 38.8 Å². The first kappa shape index (κ1) is 23.2. The summed E-state index contributed by atoms with van der Waals surface area (Å²) in [5.41, 5.74) is 0. The molecule has 7 nitrogen and oxygen atoms in total. The van der Waals surface area contributed by atoms with Gasteiger partial charge in [-0.1, -0.05) is 24.6 Å². The molecule has 0 spiro atoms. The Morgan fingerprint density at radius 1 is 1.07 bits per heavy atom. The maximum absolute atomic E-state index is 13.3. The third-order valence-electron chi connectivity index (χ3n) is 6.41. The van der Waals surface area contributed by atoms with Gasteiger partial charge in [0.05, 0.1) is 4.90 Å². The number of carbonyl (C=O) groups is 1. The van der Waals surface area contributed by atoms with Crippen LogP contribution in [-0.2, 0) is 14.8 Å². The molecule has 1 aromatic rings. The second-order valence-electron chi connectivity index (χ2n) is 8.46. The standard InChI is InChI=1S/C22H36N4O3S/c1-19-7-6-8-20(2)26(19)18-17-25(30(28,29)21-9-4-3-5-10-21)14-11-22(27)24-15-12-23-13-16-24/h3-5,9-10,19-20,23H,6-8,11-18H2,1-2H3. The monoisotopic (exact) mass is 436 g/mol. The molecule has 1 amide bonds. The number of benzene rings is 1. The topological polar surface area (TPSA) is 73.0 Å². The van der Waals surface area contributed by atoms with Gasteiger partial charge in [-0.3, -0.25) is 9.69 Å². The highest BCUT2D eigenvalue weighted by molar-refractivity contribution is 7.89. The lowest BCUT2D eigenvalue weighted by molar-refractivity contribution is -0.131. The number of nitrogens with zero attached hydrogens (tertiary/aromatic N) is 3. The number of nitrogens with one attached hydrogen (secondary N) is 1. The van der Waals surface area contributed by atoms with Crippen LogP contribution in [0, 0.1) is 0 Å².